The van der Waals surface area contributed by atoms with Crippen molar-refractivity contribution in [2.75, 3.05) is 11.5 Å². The number of rotatable bonds is 7. The Morgan fingerprint density at radius 3 is 2.80 bits per heavy atom. The molecule has 0 saturated carbocycles. The Balaban J connectivity index is 1.58. The van der Waals surface area contributed by atoms with Gasteiger partial charge in [0, 0.05) is 10.6 Å². The van der Waals surface area contributed by atoms with Gasteiger partial charge in [0.1, 0.15) is 0 Å². The van der Waals surface area contributed by atoms with Crippen LogP contribution in [0, 0.1) is 0 Å². The quantitative estimate of drug-likeness (QED) is 0.788. The van der Waals surface area contributed by atoms with Crippen molar-refractivity contribution >= 4 is 35.1 Å². The van der Waals surface area contributed by atoms with Crippen LogP contribution in [0.3, 0.4) is 0 Å². The molecule has 1 N–H and O–H groups in total. The van der Waals surface area contributed by atoms with E-state index >= 15 is 0 Å². The van der Waals surface area contributed by atoms with Crippen molar-refractivity contribution in [3.05, 3.63) is 64.4 Å². The Morgan fingerprint density at radius 1 is 1.20 bits per heavy atom. The summed E-state index contributed by atoms with van der Waals surface area (Å²) in [6.45, 7) is 0.636. The summed E-state index contributed by atoms with van der Waals surface area (Å²) in [5.74, 6) is 1.45. The first-order valence-electron chi connectivity index (χ1n) is 6.43. The average Bonchev–Trinajstić information content (AvgIpc) is 2.99. The molecule has 1 amide bonds. The van der Waals surface area contributed by atoms with Gasteiger partial charge in [-0.1, -0.05) is 48.6 Å². The van der Waals surface area contributed by atoms with Crippen LogP contribution in [0.15, 0.2) is 53.9 Å². The maximum absolute atomic E-state index is 11.6. The molecule has 20 heavy (non-hydrogen) atoms. The second kappa shape index (κ2) is 8.61. The third-order valence-corrected chi connectivity index (χ3v) is 4.37. The van der Waals surface area contributed by atoms with Gasteiger partial charge in [0.15, 0.2) is 0 Å². The van der Waals surface area contributed by atoms with Crippen LogP contribution >= 0.6 is 23.1 Å². The maximum atomic E-state index is 11.6. The minimum absolute atomic E-state index is 0.0940. The van der Waals surface area contributed by atoms with Gasteiger partial charge >= 0.3 is 0 Å². The van der Waals surface area contributed by atoms with E-state index in [-0.39, 0.29) is 5.91 Å². The second-order valence-corrected chi connectivity index (χ2v) is 6.25. The molecule has 0 spiro atoms. The Hall–Kier alpha value is -1.52. The van der Waals surface area contributed by atoms with Crippen LogP contribution in [0.25, 0.3) is 6.08 Å². The zero-order valence-corrected chi connectivity index (χ0v) is 12.8. The van der Waals surface area contributed by atoms with Crippen LogP contribution < -0.4 is 5.32 Å². The van der Waals surface area contributed by atoms with E-state index in [0.717, 1.165) is 5.75 Å². The molecule has 4 heteroatoms. The van der Waals surface area contributed by atoms with E-state index in [1.165, 1.54) is 10.4 Å². The fourth-order valence-corrected chi connectivity index (χ4v) is 2.90. The molecule has 2 aromatic rings. The first kappa shape index (κ1) is 14.9. The van der Waals surface area contributed by atoms with Crippen LogP contribution in [0.2, 0.25) is 0 Å². The number of hydrogen-bond donors (Lipinski definition) is 1. The Kier molecular flexibility index (Phi) is 6.41. The van der Waals surface area contributed by atoms with E-state index in [9.17, 15) is 4.79 Å². The highest BCUT2D eigenvalue weighted by Crippen LogP contribution is 2.08. The first-order chi connectivity index (χ1) is 9.84. The normalized spacial score (nSPS) is 10.8. The SMILES string of the molecule is O=C(CSC/C=C/c1ccccc1)NCc1cccs1. The summed E-state index contributed by atoms with van der Waals surface area (Å²) in [6.07, 6.45) is 4.17. The van der Waals surface area contributed by atoms with Crippen molar-refractivity contribution in [1.29, 1.82) is 0 Å². The van der Waals surface area contributed by atoms with E-state index in [4.69, 9.17) is 0 Å². The highest BCUT2D eigenvalue weighted by Gasteiger charge is 2.00. The van der Waals surface area contributed by atoms with Gasteiger partial charge in [-0.05, 0) is 17.0 Å². The summed E-state index contributed by atoms with van der Waals surface area (Å²) in [4.78, 5) is 12.8. The van der Waals surface area contributed by atoms with Gasteiger partial charge in [0.25, 0.3) is 0 Å². The van der Waals surface area contributed by atoms with Gasteiger partial charge in [-0.15, -0.1) is 23.1 Å². The molecule has 0 aliphatic heterocycles. The van der Waals surface area contributed by atoms with Crippen LogP contribution in [0.4, 0.5) is 0 Å². The highest BCUT2D eigenvalue weighted by atomic mass is 32.2. The number of carbonyl (C=O) groups is 1. The standard InChI is InChI=1S/C16H17NOS2/c18-16(17-12-15-9-5-11-20-15)13-19-10-4-8-14-6-2-1-3-7-14/h1-9,11H,10,12-13H2,(H,17,18)/b8-4+. The van der Waals surface area contributed by atoms with Gasteiger partial charge < -0.3 is 5.32 Å². The van der Waals surface area contributed by atoms with E-state index in [1.807, 2.05) is 35.7 Å². The number of hydrogen-bond acceptors (Lipinski definition) is 3. The molecule has 104 valence electrons. The molecule has 2 nitrogen and oxygen atoms in total. The molecule has 0 saturated heterocycles. The molecule has 2 rings (SSSR count). The topological polar surface area (TPSA) is 29.1 Å². The monoisotopic (exact) mass is 303 g/mol. The number of amides is 1. The molecule has 0 unspecified atom stereocenters. The summed E-state index contributed by atoms with van der Waals surface area (Å²) >= 11 is 3.28. The van der Waals surface area contributed by atoms with Crippen molar-refractivity contribution in [2.24, 2.45) is 0 Å². The van der Waals surface area contributed by atoms with Gasteiger partial charge in [0.05, 0.1) is 12.3 Å². The molecule has 1 heterocycles. The van der Waals surface area contributed by atoms with E-state index < -0.39 is 0 Å². The highest BCUT2D eigenvalue weighted by molar-refractivity contribution is 8.00. The molecular formula is C16H17NOS2. The van der Waals surface area contributed by atoms with E-state index in [1.54, 1.807) is 23.1 Å². The Labute approximate surface area is 127 Å². The molecule has 0 radical (unpaired) electrons. The van der Waals surface area contributed by atoms with Crippen LogP contribution in [-0.4, -0.2) is 17.4 Å². The van der Waals surface area contributed by atoms with Crippen LogP contribution in [0.1, 0.15) is 10.4 Å². The van der Waals surface area contributed by atoms with Gasteiger partial charge in [0.2, 0.25) is 5.91 Å². The summed E-state index contributed by atoms with van der Waals surface area (Å²) in [7, 11) is 0. The van der Waals surface area contributed by atoms with Crippen LogP contribution in [-0.2, 0) is 11.3 Å². The van der Waals surface area contributed by atoms with Crippen molar-refractivity contribution < 1.29 is 4.79 Å². The van der Waals surface area contributed by atoms with Crippen LogP contribution in [0.5, 0.6) is 0 Å². The summed E-state index contributed by atoms with van der Waals surface area (Å²) < 4.78 is 0. The lowest BCUT2D eigenvalue weighted by atomic mass is 10.2. The number of nitrogens with one attached hydrogen (secondary N) is 1. The predicted molar refractivity (Wildman–Crippen MR) is 89.0 cm³/mol. The van der Waals surface area contributed by atoms with Crippen molar-refractivity contribution in [2.45, 2.75) is 6.54 Å². The molecule has 1 aromatic heterocycles. The number of thiophene rings is 1. The zero-order chi connectivity index (χ0) is 14.0. The van der Waals surface area contributed by atoms with E-state index in [2.05, 4.69) is 29.6 Å². The van der Waals surface area contributed by atoms with Gasteiger partial charge in [-0.3, -0.25) is 4.79 Å². The Bertz CT molecular complexity index is 535. The lowest BCUT2D eigenvalue weighted by Gasteiger charge is -2.02. The minimum Gasteiger partial charge on any atom is -0.350 e. The molecule has 0 fully saturated rings. The summed E-state index contributed by atoms with van der Waals surface area (Å²) in [6, 6.07) is 14.2. The third kappa shape index (κ3) is 5.63. The lowest BCUT2D eigenvalue weighted by molar-refractivity contribution is -0.118. The zero-order valence-electron chi connectivity index (χ0n) is 11.1. The lowest BCUT2D eigenvalue weighted by Crippen LogP contribution is -2.24. The number of benzene rings is 1. The molecule has 0 aliphatic rings. The van der Waals surface area contributed by atoms with Crippen molar-refractivity contribution in [3.63, 3.8) is 0 Å². The fraction of sp³-hybridized carbons (Fsp3) is 0.188. The van der Waals surface area contributed by atoms with Crippen molar-refractivity contribution in [3.8, 4) is 0 Å². The van der Waals surface area contributed by atoms with E-state index in [0.29, 0.717) is 12.3 Å². The van der Waals surface area contributed by atoms with Gasteiger partial charge in [-0.25, -0.2) is 0 Å². The van der Waals surface area contributed by atoms with Gasteiger partial charge in [-0.2, -0.15) is 0 Å². The Morgan fingerprint density at radius 2 is 2.05 bits per heavy atom. The average molecular weight is 303 g/mol. The molecule has 0 bridgehead atoms. The van der Waals surface area contributed by atoms with Crippen molar-refractivity contribution in [1.82, 2.24) is 5.32 Å². The fourth-order valence-electron chi connectivity index (χ4n) is 1.62. The minimum atomic E-state index is 0.0940. The number of carbonyl (C=O) groups excluding carboxylic acids is 1. The molecule has 1 aromatic carbocycles. The molecular weight excluding hydrogens is 286 g/mol. The molecule has 0 aliphatic carbocycles. The summed E-state index contributed by atoms with van der Waals surface area (Å²) in [5.41, 5.74) is 1.19. The first-order valence-corrected chi connectivity index (χ1v) is 8.46. The molecule has 0 atom stereocenters. The third-order valence-electron chi connectivity index (χ3n) is 2.60. The largest absolute Gasteiger partial charge is 0.350 e. The second-order valence-electron chi connectivity index (χ2n) is 4.18. The summed E-state index contributed by atoms with van der Waals surface area (Å²) in [5, 5.41) is 4.94. The smallest absolute Gasteiger partial charge is 0.230 e. The predicted octanol–water partition coefficient (Wildman–Crippen LogP) is 3.81. The maximum Gasteiger partial charge on any atom is 0.230 e. The number of thioether (sulfide) groups is 1.